The van der Waals surface area contributed by atoms with Gasteiger partial charge in [0.15, 0.2) is 0 Å². The SMILES string of the molecule is Fc1ccc(Cl)cc1C1(C2CNC2)COC1. The van der Waals surface area contributed by atoms with E-state index in [1.807, 2.05) is 0 Å². The van der Waals surface area contributed by atoms with Gasteiger partial charge in [-0.1, -0.05) is 11.6 Å². The molecule has 0 unspecified atom stereocenters. The van der Waals surface area contributed by atoms with Crippen LogP contribution in [0.15, 0.2) is 18.2 Å². The Morgan fingerprint density at radius 2 is 2.12 bits per heavy atom. The summed E-state index contributed by atoms with van der Waals surface area (Å²) in [4.78, 5) is 0. The molecule has 2 heterocycles. The van der Waals surface area contributed by atoms with Crippen LogP contribution in [0.4, 0.5) is 4.39 Å². The molecule has 1 aromatic rings. The summed E-state index contributed by atoms with van der Waals surface area (Å²) in [6.07, 6.45) is 0. The van der Waals surface area contributed by atoms with Gasteiger partial charge in [0.2, 0.25) is 0 Å². The predicted octanol–water partition coefficient (Wildman–Crippen LogP) is 1.97. The Morgan fingerprint density at radius 1 is 1.38 bits per heavy atom. The molecule has 2 aliphatic rings. The van der Waals surface area contributed by atoms with Crippen LogP contribution < -0.4 is 5.32 Å². The highest BCUT2D eigenvalue weighted by Gasteiger charge is 2.50. The van der Waals surface area contributed by atoms with Gasteiger partial charge in [-0.15, -0.1) is 0 Å². The Morgan fingerprint density at radius 3 is 2.62 bits per heavy atom. The molecule has 0 aliphatic carbocycles. The summed E-state index contributed by atoms with van der Waals surface area (Å²) in [6.45, 7) is 3.10. The lowest BCUT2D eigenvalue weighted by Gasteiger charge is -2.51. The van der Waals surface area contributed by atoms with E-state index in [9.17, 15) is 4.39 Å². The number of hydrogen-bond acceptors (Lipinski definition) is 2. The van der Waals surface area contributed by atoms with Crippen LogP contribution in [0, 0.1) is 11.7 Å². The second-order valence-corrected chi connectivity index (χ2v) is 5.06. The molecular weight excluding hydrogens is 229 g/mol. The monoisotopic (exact) mass is 241 g/mol. The van der Waals surface area contributed by atoms with E-state index in [-0.39, 0.29) is 11.2 Å². The van der Waals surface area contributed by atoms with Gasteiger partial charge in [-0.05, 0) is 24.1 Å². The second kappa shape index (κ2) is 3.69. The fraction of sp³-hybridized carbons (Fsp3) is 0.500. The summed E-state index contributed by atoms with van der Waals surface area (Å²) >= 11 is 5.95. The molecule has 3 rings (SSSR count). The Balaban J connectivity index is 2.02. The molecule has 16 heavy (non-hydrogen) atoms. The first-order chi connectivity index (χ1) is 7.72. The molecule has 2 fully saturated rings. The van der Waals surface area contributed by atoms with Crippen molar-refractivity contribution in [3.63, 3.8) is 0 Å². The van der Waals surface area contributed by atoms with E-state index < -0.39 is 0 Å². The van der Waals surface area contributed by atoms with Gasteiger partial charge in [0.05, 0.1) is 18.6 Å². The summed E-state index contributed by atoms with van der Waals surface area (Å²) in [6, 6.07) is 4.79. The van der Waals surface area contributed by atoms with E-state index >= 15 is 0 Å². The molecule has 0 aromatic heterocycles. The van der Waals surface area contributed by atoms with Crippen LogP contribution in [-0.2, 0) is 10.2 Å². The molecule has 0 atom stereocenters. The maximum Gasteiger partial charge on any atom is 0.127 e. The molecule has 0 amide bonds. The highest BCUT2D eigenvalue weighted by Crippen LogP contribution is 2.43. The van der Waals surface area contributed by atoms with Gasteiger partial charge in [0, 0.05) is 23.7 Å². The van der Waals surface area contributed by atoms with Gasteiger partial charge in [-0.25, -0.2) is 4.39 Å². The van der Waals surface area contributed by atoms with Crippen molar-refractivity contribution in [2.24, 2.45) is 5.92 Å². The van der Waals surface area contributed by atoms with Gasteiger partial charge >= 0.3 is 0 Å². The third kappa shape index (κ3) is 1.39. The average molecular weight is 242 g/mol. The van der Waals surface area contributed by atoms with Crippen molar-refractivity contribution in [2.75, 3.05) is 26.3 Å². The normalized spacial score (nSPS) is 23.6. The fourth-order valence-electron chi connectivity index (χ4n) is 2.49. The molecule has 0 bridgehead atoms. The van der Waals surface area contributed by atoms with E-state index in [0.29, 0.717) is 24.2 Å². The highest BCUT2D eigenvalue weighted by atomic mass is 35.5. The molecule has 1 N–H and O–H groups in total. The van der Waals surface area contributed by atoms with E-state index in [1.165, 1.54) is 6.07 Å². The number of ether oxygens (including phenoxy) is 1. The average Bonchev–Trinajstić information content (AvgIpc) is 2.12. The maximum absolute atomic E-state index is 13.9. The van der Waals surface area contributed by atoms with Crippen molar-refractivity contribution in [3.8, 4) is 0 Å². The minimum Gasteiger partial charge on any atom is -0.379 e. The van der Waals surface area contributed by atoms with E-state index in [2.05, 4.69) is 5.32 Å². The summed E-state index contributed by atoms with van der Waals surface area (Å²) in [7, 11) is 0. The Bertz CT molecular complexity index is 415. The predicted molar refractivity (Wildman–Crippen MR) is 60.3 cm³/mol. The van der Waals surface area contributed by atoms with Crippen molar-refractivity contribution >= 4 is 11.6 Å². The van der Waals surface area contributed by atoms with Crippen LogP contribution in [0.2, 0.25) is 5.02 Å². The van der Waals surface area contributed by atoms with Crippen LogP contribution in [0.5, 0.6) is 0 Å². The zero-order valence-electron chi connectivity index (χ0n) is 8.80. The summed E-state index contributed by atoms with van der Waals surface area (Å²) in [5, 5.41) is 3.82. The lowest BCUT2D eigenvalue weighted by molar-refractivity contribution is -0.102. The summed E-state index contributed by atoms with van der Waals surface area (Å²) < 4.78 is 19.2. The van der Waals surface area contributed by atoms with Crippen LogP contribution in [0.3, 0.4) is 0 Å². The largest absolute Gasteiger partial charge is 0.379 e. The number of benzene rings is 1. The second-order valence-electron chi connectivity index (χ2n) is 4.63. The minimum absolute atomic E-state index is 0.153. The first-order valence-corrected chi connectivity index (χ1v) is 5.84. The Kier molecular flexibility index (Phi) is 2.42. The third-order valence-electron chi connectivity index (χ3n) is 3.75. The first kappa shape index (κ1) is 10.5. The number of nitrogens with one attached hydrogen (secondary N) is 1. The zero-order chi connectivity index (χ0) is 11.2. The molecule has 0 spiro atoms. The summed E-state index contributed by atoms with van der Waals surface area (Å²) in [5.41, 5.74) is 0.568. The maximum atomic E-state index is 13.9. The molecule has 86 valence electrons. The fourth-order valence-corrected chi connectivity index (χ4v) is 2.66. The van der Waals surface area contributed by atoms with Crippen LogP contribution in [0.1, 0.15) is 5.56 Å². The lowest BCUT2D eigenvalue weighted by atomic mass is 9.66. The van der Waals surface area contributed by atoms with E-state index in [4.69, 9.17) is 16.3 Å². The van der Waals surface area contributed by atoms with Gasteiger partial charge in [-0.3, -0.25) is 0 Å². The third-order valence-corrected chi connectivity index (χ3v) is 3.98. The van der Waals surface area contributed by atoms with Crippen molar-refractivity contribution < 1.29 is 9.13 Å². The topological polar surface area (TPSA) is 21.3 Å². The molecule has 4 heteroatoms. The highest BCUT2D eigenvalue weighted by molar-refractivity contribution is 6.30. The lowest BCUT2D eigenvalue weighted by Crippen LogP contribution is -2.63. The van der Waals surface area contributed by atoms with E-state index in [0.717, 1.165) is 18.7 Å². The number of hydrogen-bond donors (Lipinski definition) is 1. The first-order valence-electron chi connectivity index (χ1n) is 5.46. The molecule has 0 saturated carbocycles. The van der Waals surface area contributed by atoms with Crippen LogP contribution >= 0.6 is 11.6 Å². The van der Waals surface area contributed by atoms with Gasteiger partial charge in [-0.2, -0.15) is 0 Å². The van der Waals surface area contributed by atoms with Crippen molar-refractivity contribution in [1.29, 1.82) is 0 Å². The quantitative estimate of drug-likeness (QED) is 0.855. The standard InChI is InChI=1S/C12H13ClFNO/c13-9-1-2-11(14)10(3-9)12(6-16-7-12)8-4-15-5-8/h1-3,8,15H,4-7H2. The molecule has 2 nitrogen and oxygen atoms in total. The number of rotatable bonds is 2. The molecular formula is C12H13ClFNO. The van der Waals surface area contributed by atoms with Crippen molar-refractivity contribution in [3.05, 3.63) is 34.6 Å². The molecule has 2 aliphatic heterocycles. The smallest absolute Gasteiger partial charge is 0.127 e. The van der Waals surface area contributed by atoms with Crippen LogP contribution in [0.25, 0.3) is 0 Å². The van der Waals surface area contributed by atoms with Gasteiger partial charge < -0.3 is 10.1 Å². The summed E-state index contributed by atoms with van der Waals surface area (Å²) in [5.74, 6) is 0.300. The van der Waals surface area contributed by atoms with Gasteiger partial charge in [0.1, 0.15) is 5.82 Å². The molecule has 1 aromatic carbocycles. The van der Waals surface area contributed by atoms with E-state index in [1.54, 1.807) is 12.1 Å². The number of halogens is 2. The van der Waals surface area contributed by atoms with Crippen LogP contribution in [-0.4, -0.2) is 26.3 Å². The van der Waals surface area contributed by atoms with Crippen molar-refractivity contribution in [2.45, 2.75) is 5.41 Å². The molecule has 0 radical (unpaired) electrons. The molecule has 2 saturated heterocycles. The van der Waals surface area contributed by atoms with Crippen molar-refractivity contribution in [1.82, 2.24) is 5.32 Å². The minimum atomic E-state index is -0.167. The Labute approximate surface area is 98.7 Å². The zero-order valence-corrected chi connectivity index (χ0v) is 9.56. The van der Waals surface area contributed by atoms with Gasteiger partial charge in [0.25, 0.3) is 0 Å². The Hall–Kier alpha value is -0.640.